The Morgan fingerprint density at radius 3 is 2.58 bits per heavy atom. The number of nitrogens with zero attached hydrogens (tertiary/aromatic N) is 5. The molecule has 2 N–H and O–H groups in total. The van der Waals surface area contributed by atoms with Gasteiger partial charge in [-0.05, 0) is 19.4 Å². The number of anilines is 1. The summed E-state index contributed by atoms with van der Waals surface area (Å²) < 4.78 is 38.3. The van der Waals surface area contributed by atoms with Crippen LogP contribution in [0.25, 0.3) is 11.4 Å². The fourth-order valence-electron chi connectivity index (χ4n) is 2.71. The minimum Gasteiger partial charge on any atom is -0.369 e. The fourth-order valence-corrected chi connectivity index (χ4v) is 2.71. The van der Waals surface area contributed by atoms with Gasteiger partial charge in [-0.1, -0.05) is 0 Å². The van der Waals surface area contributed by atoms with E-state index in [4.69, 9.17) is 5.73 Å². The molecule has 7 nitrogen and oxygen atoms in total. The van der Waals surface area contributed by atoms with E-state index < -0.39 is 23.9 Å². The van der Waals surface area contributed by atoms with Crippen molar-refractivity contribution >= 4 is 11.9 Å². The maximum absolute atomic E-state index is 12.8. The smallest absolute Gasteiger partial charge is 0.369 e. The molecule has 3 rings (SSSR count). The van der Waals surface area contributed by atoms with Crippen molar-refractivity contribution in [2.75, 3.05) is 18.0 Å². The van der Waals surface area contributed by atoms with E-state index in [9.17, 15) is 18.0 Å². The molecular weight excluding hydrogens is 349 g/mol. The van der Waals surface area contributed by atoms with Crippen LogP contribution >= 0.6 is 0 Å². The third kappa shape index (κ3) is 3.73. The van der Waals surface area contributed by atoms with Crippen molar-refractivity contribution < 1.29 is 18.0 Å². The third-order valence-corrected chi connectivity index (χ3v) is 4.38. The minimum atomic E-state index is -4.21. The summed E-state index contributed by atoms with van der Waals surface area (Å²) >= 11 is 0. The Bertz CT molecular complexity index is 795. The average Bonchev–Trinajstić information content (AvgIpc) is 3.12. The molecule has 10 heteroatoms. The van der Waals surface area contributed by atoms with Gasteiger partial charge in [0.1, 0.15) is 0 Å². The molecule has 0 radical (unpaired) electrons. The Balaban J connectivity index is 1.76. The molecule has 0 aliphatic carbocycles. The maximum atomic E-state index is 12.8. The van der Waals surface area contributed by atoms with E-state index in [-0.39, 0.29) is 25.5 Å². The molecule has 1 fully saturated rings. The zero-order valence-corrected chi connectivity index (χ0v) is 13.9. The molecule has 1 aliphatic rings. The average molecular weight is 366 g/mol. The molecule has 2 aromatic heterocycles. The zero-order chi connectivity index (χ0) is 18.9. The number of amides is 1. The largest absolute Gasteiger partial charge is 0.393 e. The van der Waals surface area contributed by atoms with Crippen molar-refractivity contribution in [2.24, 2.45) is 11.7 Å². The number of hydrogen-bond donors (Lipinski definition) is 1. The van der Waals surface area contributed by atoms with Gasteiger partial charge in [0.2, 0.25) is 11.9 Å². The summed E-state index contributed by atoms with van der Waals surface area (Å²) in [6.45, 7) is 1.75. The lowest BCUT2D eigenvalue weighted by molar-refractivity contribution is -0.168. The van der Waals surface area contributed by atoms with E-state index in [2.05, 4.69) is 19.9 Å². The molecule has 3 heterocycles. The number of alkyl halides is 3. The second-order valence-corrected chi connectivity index (χ2v) is 6.17. The summed E-state index contributed by atoms with van der Waals surface area (Å²) in [5, 5.41) is 0. The SMILES string of the molecule is CC(C(N)=O)c1ccnc(-c2cnc(N3CCC(C(F)(F)F)C3)nc2)n1. The predicted molar refractivity (Wildman–Crippen MR) is 87.0 cm³/mol. The van der Waals surface area contributed by atoms with Crippen LogP contribution in [-0.4, -0.2) is 45.1 Å². The number of primary amides is 1. The van der Waals surface area contributed by atoms with Crippen LogP contribution in [0.15, 0.2) is 24.7 Å². The number of rotatable bonds is 4. The summed E-state index contributed by atoms with van der Waals surface area (Å²) in [5.74, 6) is -1.88. The number of nitrogens with two attached hydrogens (primary N) is 1. The zero-order valence-electron chi connectivity index (χ0n) is 13.9. The standard InChI is InChI=1S/C16H17F3N6O/c1-9(13(20)26)12-2-4-21-14(24-12)10-6-22-15(23-7-10)25-5-3-11(8-25)16(17,18)19/h2,4,6-7,9,11H,3,5,8H2,1H3,(H2,20,26). The van der Waals surface area contributed by atoms with E-state index in [0.717, 1.165) is 0 Å². The van der Waals surface area contributed by atoms with Gasteiger partial charge in [-0.3, -0.25) is 4.79 Å². The van der Waals surface area contributed by atoms with Crippen LogP contribution in [0.4, 0.5) is 19.1 Å². The Morgan fingerprint density at radius 1 is 1.31 bits per heavy atom. The van der Waals surface area contributed by atoms with Crippen molar-refractivity contribution in [2.45, 2.75) is 25.4 Å². The molecule has 2 aromatic rings. The van der Waals surface area contributed by atoms with E-state index >= 15 is 0 Å². The van der Waals surface area contributed by atoms with Gasteiger partial charge in [-0.25, -0.2) is 19.9 Å². The van der Waals surface area contributed by atoms with E-state index in [1.54, 1.807) is 13.0 Å². The van der Waals surface area contributed by atoms with Crippen molar-refractivity contribution in [1.29, 1.82) is 0 Å². The molecule has 26 heavy (non-hydrogen) atoms. The Morgan fingerprint density at radius 2 is 2.00 bits per heavy atom. The van der Waals surface area contributed by atoms with Crippen LogP contribution in [0.2, 0.25) is 0 Å². The topological polar surface area (TPSA) is 97.9 Å². The van der Waals surface area contributed by atoms with Crippen molar-refractivity contribution in [3.8, 4) is 11.4 Å². The van der Waals surface area contributed by atoms with Gasteiger partial charge in [0.05, 0.1) is 23.1 Å². The first kappa shape index (κ1) is 18.0. The maximum Gasteiger partial charge on any atom is 0.393 e. The molecule has 138 valence electrons. The number of aromatic nitrogens is 4. The highest BCUT2D eigenvalue weighted by Gasteiger charge is 2.44. The summed E-state index contributed by atoms with van der Waals surface area (Å²) in [7, 11) is 0. The highest BCUT2D eigenvalue weighted by Crippen LogP contribution is 2.34. The summed E-state index contributed by atoms with van der Waals surface area (Å²) in [4.78, 5) is 29.5. The minimum absolute atomic E-state index is 0.0325. The Kier molecular flexibility index (Phi) is 4.75. The van der Waals surface area contributed by atoms with Crippen LogP contribution < -0.4 is 10.6 Å². The highest BCUT2D eigenvalue weighted by molar-refractivity contribution is 5.81. The predicted octanol–water partition coefficient (Wildman–Crippen LogP) is 1.91. The quantitative estimate of drug-likeness (QED) is 0.888. The van der Waals surface area contributed by atoms with Crippen molar-refractivity contribution in [1.82, 2.24) is 19.9 Å². The van der Waals surface area contributed by atoms with Crippen LogP contribution in [0.3, 0.4) is 0 Å². The lowest BCUT2D eigenvalue weighted by Gasteiger charge is -2.17. The lowest BCUT2D eigenvalue weighted by Crippen LogP contribution is -2.28. The first-order valence-corrected chi connectivity index (χ1v) is 8.02. The van der Waals surface area contributed by atoms with Crippen LogP contribution in [-0.2, 0) is 4.79 Å². The molecule has 0 bridgehead atoms. The number of hydrogen-bond acceptors (Lipinski definition) is 6. The van der Waals surface area contributed by atoms with Gasteiger partial charge in [0.15, 0.2) is 5.82 Å². The van der Waals surface area contributed by atoms with Crippen LogP contribution in [0, 0.1) is 5.92 Å². The molecule has 1 aliphatic heterocycles. The van der Waals surface area contributed by atoms with Crippen molar-refractivity contribution in [3.05, 3.63) is 30.4 Å². The van der Waals surface area contributed by atoms with Crippen LogP contribution in [0.1, 0.15) is 25.0 Å². The molecule has 2 unspecified atom stereocenters. The number of carbonyl (C=O) groups is 1. The van der Waals surface area contributed by atoms with E-state index in [1.807, 2.05) is 0 Å². The number of halogens is 3. The molecule has 1 amide bonds. The molecule has 2 atom stereocenters. The first-order valence-electron chi connectivity index (χ1n) is 8.02. The molecule has 0 spiro atoms. The van der Waals surface area contributed by atoms with Gasteiger partial charge in [0, 0.05) is 31.7 Å². The van der Waals surface area contributed by atoms with Gasteiger partial charge in [-0.15, -0.1) is 0 Å². The van der Waals surface area contributed by atoms with Gasteiger partial charge < -0.3 is 10.6 Å². The first-order chi connectivity index (χ1) is 12.3. The molecule has 1 saturated heterocycles. The highest BCUT2D eigenvalue weighted by atomic mass is 19.4. The third-order valence-electron chi connectivity index (χ3n) is 4.38. The second kappa shape index (κ2) is 6.85. The summed E-state index contributed by atoms with van der Waals surface area (Å²) in [6.07, 6.45) is 0.235. The summed E-state index contributed by atoms with van der Waals surface area (Å²) in [6, 6.07) is 1.59. The fraction of sp³-hybridized carbons (Fsp3) is 0.438. The normalized spacial score (nSPS) is 18.8. The van der Waals surface area contributed by atoms with E-state index in [1.165, 1.54) is 23.5 Å². The lowest BCUT2D eigenvalue weighted by atomic mass is 10.1. The van der Waals surface area contributed by atoms with Gasteiger partial charge in [0.25, 0.3) is 0 Å². The Labute approximate surface area is 147 Å². The monoisotopic (exact) mass is 366 g/mol. The Hall–Kier alpha value is -2.78. The van der Waals surface area contributed by atoms with Gasteiger partial charge in [-0.2, -0.15) is 13.2 Å². The molecule has 0 aromatic carbocycles. The second-order valence-electron chi connectivity index (χ2n) is 6.17. The van der Waals surface area contributed by atoms with E-state index in [0.29, 0.717) is 17.1 Å². The van der Waals surface area contributed by atoms with Crippen molar-refractivity contribution in [3.63, 3.8) is 0 Å². The number of carbonyl (C=O) groups excluding carboxylic acids is 1. The summed E-state index contributed by atoms with van der Waals surface area (Å²) in [5.41, 5.74) is 6.25. The molecular formula is C16H17F3N6O. The van der Waals surface area contributed by atoms with Gasteiger partial charge >= 0.3 is 6.18 Å². The molecule has 0 saturated carbocycles. The van der Waals surface area contributed by atoms with Crippen LogP contribution in [0.5, 0.6) is 0 Å².